The van der Waals surface area contributed by atoms with Crippen molar-refractivity contribution >= 4 is 22.8 Å². The Morgan fingerprint density at radius 3 is 2.39 bits per heavy atom. The molecule has 1 saturated heterocycles. The Balaban J connectivity index is 1.77. The number of aryl methyl sites for hydroxylation is 2. The molecular formula is C21H26N6O. The Kier molecular flexibility index (Phi) is 4.98. The number of hydrogen-bond donors (Lipinski definition) is 0. The lowest BCUT2D eigenvalue weighted by atomic mass is 10.2. The van der Waals surface area contributed by atoms with Crippen LogP contribution in [0.25, 0.3) is 16.7 Å². The van der Waals surface area contributed by atoms with Crippen molar-refractivity contribution in [2.45, 2.75) is 33.6 Å². The summed E-state index contributed by atoms with van der Waals surface area (Å²) in [6.07, 6.45) is 1.32. The van der Waals surface area contributed by atoms with E-state index < -0.39 is 0 Å². The monoisotopic (exact) mass is 378 g/mol. The van der Waals surface area contributed by atoms with Crippen molar-refractivity contribution in [2.75, 3.05) is 31.1 Å². The molecule has 7 heteroatoms. The first-order valence-electron chi connectivity index (χ1n) is 9.96. The van der Waals surface area contributed by atoms with Gasteiger partial charge in [0.25, 0.3) is 0 Å². The van der Waals surface area contributed by atoms with E-state index in [1.165, 1.54) is 0 Å². The molecule has 3 aromatic rings. The molecule has 0 radical (unpaired) electrons. The van der Waals surface area contributed by atoms with Gasteiger partial charge in [-0.15, -0.1) is 0 Å². The molecule has 1 fully saturated rings. The number of anilines is 1. The SMILES string of the molecule is CCC(=O)N1CCN(c2nc(CC)nc3c2c(C)nn3-c2ccccc2)CC1. The maximum absolute atomic E-state index is 12.0. The molecule has 1 aliphatic rings. The molecule has 7 nitrogen and oxygen atoms in total. The Hall–Kier alpha value is -2.96. The van der Waals surface area contributed by atoms with Crippen LogP contribution in [0, 0.1) is 6.92 Å². The predicted molar refractivity (Wildman–Crippen MR) is 110 cm³/mol. The van der Waals surface area contributed by atoms with Crippen molar-refractivity contribution < 1.29 is 4.79 Å². The summed E-state index contributed by atoms with van der Waals surface area (Å²) < 4.78 is 1.91. The lowest BCUT2D eigenvalue weighted by molar-refractivity contribution is -0.131. The normalized spacial score (nSPS) is 14.7. The number of aromatic nitrogens is 4. The molecule has 0 N–H and O–H groups in total. The van der Waals surface area contributed by atoms with Gasteiger partial charge in [0.15, 0.2) is 5.65 Å². The van der Waals surface area contributed by atoms with Crippen molar-refractivity contribution in [3.05, 3.63) is 41.9 Å². The Bertz CT molecular complexity index is 989. The van der Waals surface area contributed by atoms with Crippen molar-refractivity contribution in [1.29, 1.82) is 0 Å². The van der Waals surface area contributed by atoms with E-state index in [4.69, 9.17) is 15.1 Å². The van der Waals surface area contributed by atoms with Gasteiger partial charge >= 0.3 is 0 Å². The van der Waals surface area contributed by atoms with Gasteiger partial charge in [0.05, 0.1) is 16.8 Å². The van der Waals surface area contributed by atoms with E-state index in [9.17, 15) is 4.79 Å². The molecule has 0 unspecified atom stereocenters. The number of carbonyl (C=O) groups excluding carboxylic acids is 1. The van der Waals surface area contributed by atoms with Gasteiger partial charge in [-0.05, 0) is 19.1 Å². The second kappa shape index (κ2) is 7.58. The Morgan fingerprint density at radius 2 is 1.75 bits per heavy atom. The van der Waals surface area contributed by atoms with Crippen LogP contribution in [-0.4, -0.2) is 56.7 Å². The topological polar surface area (TPSA) is 67.2 Å². The molecule has 0 aliphatic carbocycles. The van der Waals surface area contributed by atoms with Gasteiger partial charge in [0, 0.05) is 39.0 Å². The quantitative estimate of drug-likeness (QED) is 0.698. The van der Waals surface area contributed by atoms with E-state index in [2.05, 4.69) is 11.8 Å². The lowest BCUT2D eigenvalue weighted by Crippen LogP contribution is -2.49. The molecular weight excluding hydrogens is 352 g/mol. The second-order valence-electron chi connectivity index (χ2n) is 7.07. The van der Waals surface area contributed by atoms with Crippen LogP contribution in [0.2, 0.25) is 0 Å². The van der Waals surface area contributed by atoms with Gasteiger partial charge < -0.3 is 9.80 Å². The van der Waals surface area contributed by atoms with Crippen LogP contribution in [-0.2, 0) is 11.2 Å². The lowest BCUT2D eigenvalue weighted by Gasteiger charge is -2.35. The van der Waals surface area contributed by atoms with E-state index in [1.54, 1.807) is 0 Å². The summed E-state index contributed by atoms with van der Waals surface area (Å²) in [7, 11) is 0. The molecule has 0 bridgehead atoms. The minimum atomic E-state index is 0.217. The van der Waals surface area contributed by atoms with Gasteiger partial charge in [-0.25, -0.2) is 14.6 Å². The summed E-state index contributed by atoms with van der Waals surface area (Å²) in [5.74, 6) is 1.96. The highest BCUT2D eigenvalue weighted by atomic mass is 16.2. The second-order valence-corrected chi connectivity index (χ2v) is 7.07. The Morgan fingerprint density at radius 1 is 1.04 bits per heavy atom. The van der Waals surface area contributed by atoms with Crippen molar-refractivity contribution in [1.82, 2.24) is 24.6 Å². The van der Waals surface area contributed by atoms with Gasteiger partial charge in [0.2, 0.25) is 5.91 Å². The van der Waals surface area contributed by atoms with Crippen molar-refractivity contribution in [3.8, 4) is 5.69 Å². The third kappa shape index (κ3) is 3.21. The van der Waals surface area contributed by atoms with Crippen molar-refractivity contribution in [3.63, 3.8) is 0 Å². The standard InChI is InChI=1S/C21H26N6O/c1-4-17-22-20(26-13-11-25(12-14-26)18(28)5-2)19-15(3)24-27(21(19)23-17)16-9-7-6-8-10-16/h6-10H,4-5,11-14H2,1-3H3. The van der Waals surface area contributed by atoms with Gasteiger partial charge in [0.1, 0.15) is 11.6 Å². The minimum absolute atomic E-state index is 0.217. The molecule has 146 valence electrons. The molecule has 3 heterocycles. The van der Waals surface area contributed by atoms with E-state index in [1.807, 2.05) is 53.8 Å². The first-order chi connectivity index (χ1) is 13.6. The number of piperazine rings is 1. The van der Waals surface area contributed by atoms with Crippen LogP contribution in [0.15, 0.2) is 30.3 Å². The maximum Gasteiger partial charge on any atom is 0.222 e. The van der Waals surface area contributed by atoms with E-state index >= 15 is 0 Å². The summed E-state index contributed by atoms with van der Waals surface area (Å²) >= 11 is 0. The fourth-order valence-corrected chi connectivity index (χ4v) is 3.73. The summed E-state index contributed by atoms with van der Waals surface area (Å²) in [6, 6.07) is 10.1. The van der Waals surface area contributed by atoms with E-state index in [0.29, 0.717) is 6.42 Å². The smallest absolute Gasteiger partial charge is 0.222 e. The van der Waals surface area contributed by atoms with Crippen LogP contribution in [0.5, 0.6) is 0 Å². The fraction of sp³-hybridized carbons (Fsp3) is 0.429. The van der Waals surface area contributed by atoms with Crippen LogP contribution >= 0.6 is 0 Å². The van der Waals surface area contributed by atoms with Crippen molar-refractivity contribution in [2.24, 2.45) is 0 Å². The average Bonchev–Trinajstić information content (AvgIpc) is 3.09. The molecule has 0 saturated carbocycles. The highest BCUT2D eigenvalue weighted by molar-refractivity contribution is 5.91. The highest BCUT2D eigenvalue weighted by Crippen LogP contribution is 2.29. The summed E-state index contributed by atoms with van der Waals surface area (Å²) in [6.45, 7) is 9.00. The summed E-state index contributed by atoms with van der Waals surface area (Å²) in [4.78, 5) is 25.9. The van der Waals surface area contributed by atoms with Crippen LogP contribution in [0.4, 0.5) is 5.82 Å². The molecule has 1 amide bonds. The number of fused-ring (bicyclic) bond motifs is 1. The summed E-state index contributed by atoms with van der Waals surface area (Å²) in [5, 5.41) is 5.77. The maximum atomic E-state index is 12.0. The zero-order valence-electron chi connectivity index (χ0n) is 16.7. The predicted octanol–water partition coefficient (Wildman–Crippen LogP) is 2.74. The molecule has 1 aromatic carbocycles. The highest BCUT2D eigenvalue weighted by Gasteiger charge is 2.25. The third-order valence-corrected chi connectivity index (χ3v) is 5.28. The molecule has 4 rings (SSSR count). The Labute approximate surface area is 165 Å². The third-order valence-electron chi connectivity index (χ3n) is 5.28. The first kappa shape index (κ1) is 18.4. The molecule has 0 atom stereocenters. The summed E-state index contributed by atoms with van der Waals surface area (Å²) in [5.41, 5.74) is 2.76. The van der Waals surface area contributed by atoms with Crippen LogP contribution in [0.3, 0.4) is 0 Å². The number of para-hydroxylation sites is 1. The number of nitrogens with zero attached hydrogens (tertiary/aromatic N) is 6. The average molecular weight is 378 g/mol. The van der Waals surface area contributed by atoms with Gasteiger partial charge in [-0.2, -0.15) is 5.10 Å². The molecule has 1 aliphatic heterocycles. The zero-order chi connectivity index (χ0) is 19.7. The molecule has 0 spiro atoms. The number of amides is 1. The van der Waals surface area contributed by atoms with Gasteiger partial charge in [-0.3, -0.25) is 4.79 Å². The fourth-order valence-electron chi connectivity index (χ4n) is 3.73. The number of hydrogen-bond acceptors (Lipinski definition) is 5. The zero-order valence-corrected chi connectivity index (χ0v) is 16.7. The van der Waals surface area contributed by atoms with Gasteiger partial charge in [-0.1, -0.05) is 32.0 Å². The number of rotatable bonds is 4. The van der Waals surface area contributed by atoms with Crippen LogP contribution < -0.4 is 4.90 Å². The van der Waals surface area contributed by atoms with E-state index in [0.717, 1.165) is 66.7 Å². The minimum Gasteiger partial charge on any atom is -0.352 e. The number of carbonyl (C=O) groups is 1. The molecule has 28 heavy (non-hydrogen) atoms. The molecule has 2 aromatic heterocycles. The number of benzene rings is 1. The van der Waals surface area contributed by atoms with Crippen LogP contribution in [0.1, 0.15) is 31.8 Å². The largest absolute Gasteiger partial charge is 0.352 e. The first-order valence-corrected chi connectivity index (χ1v) is 9.96. The van der Waals surface area contributed by atoms with E-state index in [-0.39, 0.29) is 5.91 Å².